The second-order valence-electron chi connectivity index (χ2n) is 5.95. The number of nitrogens with zero attached hydrogens (tertiary/aromatic N) is 2. The van der Waals surface area contributed by atoms with Crippen molar-refractivity contribution < 1.29 is 4.79 Å². The van der Waals surface area contributed by atoms with E-state index in [1.807, 2.05) is 19.2 Å². The van der Waals surface area contributed by atoms with Gasteiger partial charge < -0.3 is 10.6 Å². The predicted octanol–water partition coefficient (Wildman–Crippen LogP) is 2.84. The van der Waals surface area contributed by atoms with E-state index in [9.17, 15) is 4.79 Å². The molecule has 4 nitrogen and oxygen atoms in total. The molecule has 22 heavy (non-hydrogen) atoms. The Morgan fingerprint density at radius 1 is 1.55 bits per heavy atom. The normalized spacial score (nSPS) is 22.2. The number of nitrogens with two attached hydrogens (primary N) is 1. The quantitative estimate of drug-likeness (QED) is 0.872. The average Bonchev–Trinajstić information content (AvgIpc) is 2.85. The molecule has 1 amide bonds. The summed E-state index contributed by atoms with van der Waals surface area (Å²) in [5.41, 5.74) is 5.85. The molecule has 1 saturated heterocycles. The molecule has 2 rings (SSSR count). The largest absolute Gasteiger partial charge is 0.340 e. The van der Waals surface area contributed by atoms with Gasteiger partial charge in [-0.1, -0.05) is 18.5 Å². The van der Waals surface area contributed by atoms with Crippen LogP contribution in [0.25, 0.3) is 0 Å². The minimum Gasteiger partial charge on any atom is -0.340 e. The van der Waals surface area contributed by atoms with Crippen LogP contribution in [0, 0.1) is 5.92 Å². The molecule has 1 aliphatic rings. The van der Waals surface area contributed by atoms with Gasteiger partial charge >= 0.3 is 0 Å². The van der Waals surface area contributed by atoms with Crippen molar-refractivity contribution in [3.05, 3.63) is 21.3 Å². The van der Waals surface area contributed by atoms with Crippen molar-refractivity contribution in [2.45, 2.75) is 32.4 Å². The van der Waals surface area contributed by atoms with E-state index < -0.39 is 0 Å². The highest BCUT2D eigenvalue weighted by molar-refractivity contribution is 7.16. The fourth-order valence-electron chi connectivity index (χ4n) is 2.81. The van der Waals surface area contributed by atoms with E-state index in [0.717, 1.165) is 28.6 Å². The van der Waals surface area contributed by atoms with Crippen LogP contribution in [-0.4, -0.2) is 48.4 Å². The zero-order chi connectivity index (χ0) is 15.4. The van der Waals surface area contributed by atoms with Gasteiger partial charge in [0.15, 0.2) is 0 Å². The van der Waals surface area contributed by atoms with Crippen LogP contribution in [0.1, 0.15) is 24.6 Å². The van der Waals surface area contributed by atoms with Crippen molar-refractivity contribution in [1.29, 1.82) is 0 Å². The van der Waals surface area contributed by atoms with Crippen molar-refractivity contribution in [1.82, 2.24) is 9.80 Å². The smallest absolute Gasteiger partial charge is 0.236 e. The van der Waals surface area contributed by atoms with Crippen molar-refractivity contribution in [3.8, 4) is 0 Å². The minimum absolute atomic E-state index is 0. The van der Waals surface area contributed by atoms with Crippen LogP contribution in [0.15, 0.2) is 12.1 Å². The summed E-state index contributed by atoms with van der Waals surface area (Å²) in [4.78, 5) is 17.5. The lowest BCUT2D eigenvalue weighted by molar-refractivity contribution is -0.132. The van der Waals surface area contributed by atoms with E-state index in [1.165, 1.54) is 11.3 Å². The summed E-state index contributed by atoms with van der Waals surface area (Å²) >= 11 is 7.45. The molecule has 0 aromatic carbocycles. The Morgan fingerprint density at radius 3 is 2.86 bits per heavy atom. The lowest BCUT2D eigenvalue weighted by Gasteiger charge is -2.38. The Bertz CT molecular complexity index is 483. The molecule has 0 aliphatic carbocycles. The van der Waals surface area contributed by atoms with E-state index in [-0.39, 0.29) is 18.3 Å². The highest BCUT2D eigenvalue weighted by Gasteiger charge is 2.27. The number of carbonyl (C=O) groups is 1. The van der Waals surface area contributed by atoms with Gasteiger partial charge in [-0.3, -0.25) is 9.69 Å². The zero-order valence-electron chi connectivity index (χ0n) is 13.1. The van der Waals surface area contributed by atoms with Crippen molar-refractivity contribution >= 4 is 41.3 Å². The van der Waals surface area contributed by atoms with Gasteiger partial charge in [-0.2, -0.15) is 0 Å². The molecule has 126 valence electrons. The summed E-state index contributed by atoms with van der Waals surface area (Å²) in [6.45, 7) is 4.93. The molecule has 1 aliphatic heterocycles. The molecule has 2 heterocycles. The van der Waals surface area contributed by atoms with Gasteiger partial charge in [-0.05, 0) is 37.4 Å². The molecule has 1 fully saturated rings. The summed E-state index contributed by atoms with van der Waals surface area (Å²) in [7, 11) is 1.85. The van der Waals surface area contributed by atoms with Crippen LogP contribution in [0.3, 0.4) is 0 Å². The van der Waals surface area contributed by atoms with Gasteiger partial charge in [0.2, 0.25) is 5.91 Å². The van der Waals surface area contributed by atoms with E-state index in [2.05, 4.69) is 11.8 Å². The predicted molar refractivity (Wildman–Crippen MR) is 95.9 cm³/mol. The number of likely N-dealkylation sites (tertiary alicyclic amines) is 1. The van der Waals surface area contributed by atoms with Crippen LogP contribution >= 0.6 is 35.3 Å². The standard InChI is InChI=1S/C15H24ClN3OS.ClH/c1-11-5-6-19(12(7-11)8-17)10-15(20)18(2)9-13-3-4-14(16)21-13;/h3-4,11-12H,5-10,17H2,1-2H3;1H. The van der Waals surface area contributed by atoms with Crippen molar-refractivity contribution in [2.24, 2.45) is 11.7 Å². The summed E-state index contributed by atoms with van der Waals surface area (Å²) in [5, 5.41) is 0. The zero-order valence-corrected chi connectivity index (χ0v) is 15.5. The number of halogens is 2. The molecule has 0 spiro atoms. The summed E-state index contributed by atoms with van der Waals surface area (Å²) in [6, 6.07) is 4.18. The Kier molecular flexibility index (Phi) is 8.14. The van der Waals surface area contributed by atoms with E-state index in [4.69, 9.17) is 17.3 Å². The van der Waals surface area contributed by atoms with Crippen LogP contribution in [0.2, 0.25) is 4.34 Å². The lowest BCUT2D eigenvalue weighted by atomic mass is 9.92. The number of hydrogen-bond acceptors (Lipinski definition) is 4. The topological polar surface area (TPSA) is 49.6 Å². The highest BCUT2D eigenvalue weighted by atomic mass is 35.5. The fraction of sp³-hybridized carbons (Fsp3) is 0.667. The third-order valence-electron chi connectivity index (χ3n) is 4.16. The molecule has 1 aromatic heterocycles. The first-order valence-electron chi connectivity index (χ1n) is 7.42. The van der Waals surface area contributed by atoms with Crippen molar-refractivity contribution in [2.75, 3.05) is 26.7 Å². The number of piperidine rings is 1. The minimum atomic E-state index is 0. The third kappa shape index (κ3) is 5.39. The second kappa shape index (κ2) is 9.08. The number of hydrogen-bond donors (Lipinski definition) is 1. The summed E-state index contributed by atoms with van der Waals surface area (Å²) in [5.74, 6) is 0.850. The first-order chi connectivity index (χ1) is 9.99. The SMILES string of the molecule is CC1CCN(CC(=O)N(C)Cc2ccc(Cl)s2)C(CN)C1.Cl. The number of amides is 1. The van der Waals surface area contributed by atoms with Gasteiger partial charge in [0.25, 0.3) is 0 Å². The molecule has 1 aromatic rings. The number of thiophene rings is 1. The maximum Gasteiger partial charge on any atom is 0.236 e. The Labute approximate surface area is 148 Å². The second-order valence-corrected chi connectivity index (χ2v) is 7.74. The molecule has 7 heteroatoms. The number of rotatable bonds is 5. The summed E-state index contributed by atoms with van der Waals surface area (Å²) < 4.78 is 0.763. The number of likely N-dealkylation sites (N-methyl/N-ethyl adjacent to an activating group) is 1. The van der Waals surface area contributed by atoms with E-state index >= 15 is 0 Å². The molecule has 2 N–H and O–H groups in total. The molecule has 0 radical (unpaired) electrons. The lowest BCUT2D eigenvalue weighted by Crippen LogP contribution is -2.50. The van der Waals surface area contributed by atoms with Gasteiger partial charge in [-0.25, -0.2) is 0 Å². The Balaban J connectivity index is 0.00000242. The Morgan fingerprint density at radius 2 is 2.27 bits per heavy atom. The van der Waals surface area contributed by atoms with Gasteiger partial charge in [-0.15, -0.1) is 23.7 Å². The molecular weight excluding hydrogens is 341 g/mol. The maximum absolute atomic E-state index is 12.4. The van der Waals surface area contributed by atoms with Crippen LogP contribution in [0.4, 0.5) is 0 Å². The molecule has 2 unspecified atom stereocenters. The van der Waals surface area contributed by atoms with Gasteiger partial charge in [0.05, 0.1) is 17.4 Å². The maximum atomic E-state index is 12.4. The first-order valence-corrected chi connectivity index (χ1v) is 8.61. The first kappa shape index (κ1) is 19.7. The van der Waals surface area contributed by atoms with Gasteiger partial charge in [0, 0.05) is 24.5 Å². The van der Waals surface area contributed by atoms with E-state index in [0.29, 0.717) is 31.6 Å². The van der Waals surface area contributed by atoms with Gasteiger partial charge in [0.1, 0.15) is 0 Å². The highest BCUT2D eigenvalue weighted by Crippen LogP contribution is 2.23. The summed E-state index contributed by atoms with van der Waals surface area (Å²) in [6.07, 6.45) is 2.24. The van der Waals surface area contributed by atoms with Crippen molar-refractivity contribution in [3.63, 3.8) is 0 Å². The number of carbonyl (C=O) groups excluding carboxylic acids is 1. The fourth-order valence-corrected chi connectivity index (χ4v) is 3.95. The molecule has 0 saturated carbocycles. The van der Waals surface area contributed by atoms with Crippen LogP contribution < -0.4 is 5.73 Å². The third-order valence-corrected chi connectivity index (χ3v) is 5.37. The van der Waals surface area contributed by atoms with Crippen LogP contribution in [0.5, 0.6) is 0 Å². The van der Waals surface area contributed by atoms with Crippen LogP contribution in [-0.2, 0) is 11.3 Å². The molecular formula is C15H25Cl2N3OS. The monoisotopic (exact) mass is 365 g/mol. The Hall–Kier alpha value is -0.330. The molecule has 0 bridgehead atoms. The van der Waals surface area contributed by atoms with E-state index in [1.54, 1.807) is 4.90 Å². The molecule has 2 atom stereocenters. The average molecular weight is 366 g/mol.